The largest absolute Gasteiger partial charge is 0.497 e. The van der Waals surface area contributed by atoms with Gasteiger partial charge in [0.2, 0.25) is 0 Å². The molecule has 2 aromatic rings. The van der Waals surface area contributed by atoms with E-state index >= 15 is 0 Å². The Labute approximate surface area is 119 Å². The van der Waals surface area contributed by atoms with Crippen LogP contribution in [0.2, 0.25) is 0 Å². The number of ether oxygens (including phenoxy) is 1. The van der Waals surface area contributed by atoms with Crippen LogP contribution < -0.4 is 4.74 Å². The Kier molecular flexibility index (Phi) is 4.71. The first-order chi connectivity index (χ1) is 10.1. The van der Waals surface area contributed by atoms with Crippen molar-refractivity contribution in [2.24, 2.45) is 10.2 Å². The molecule has 0 aliphatic heterocycles. The van der Waals surface area contributed by atoms with Crippen molar-refractivity contribution in [3.8, 4) is 5.75 Å². The maximum atomic E-state index is 13.6. The molecule has 0 N–H and O–H groups in total. The van der Waals surface area contributed by atoms with Crippen LogP contribution in [0.25, 0.3) is 0 Å². The van der Waals surface area contributed by atoms with Gasteiger partial charge in [0.15, 0.2) is 0 Å². The average molecular weight is 292 g/mol. The molecule has 0 aliphatic carbocycles. The molecule has 3 nitrogen and oxygen atoms in total. The highest BCUT2D eigenvalue weighted by molar-refractivity contribution is 5.83. The first-order valence-corrected chi connectivity index (χ1v) is 5.95. The predicted octanol–water partition coefficient (Wildman–Crippen LogP) is 3.57. The van der Waals surface area contributed by atoms with Gasteiger partial charge in [-0.1, -0.05) is 12.1 Å². The standard InChI is InChI=1S/C15H11F3N2O/c1-21-12-6-14(17)13(15(18)7-12)9-20-19-8-10-2-4-11(16)5-3-10/h2-9H,1H3. The number of halogens is 3. The molecule has 6 heteroatoms. The van der Waals surface area contributed by atoms with Crippen molar-refractivity contribution in [1.29, 1.82) is 0 Å². The monoisotopic (exact) mass is 292 g/mol. The molecule has 0 radical (unpaired) electrons. The Morgan fingerprint density at radius 3 is 2.05 bits per heavy atom. The summed E-state index contributed by atoms with van der Waals surface area (Å²) in [4.78, 5) is 0. The SMILES string of the molecule is COc1cc(F)c(C=NN=Cc2ccc(F)cc2)c(F)c1. The van der Waals surface area contributed by atoms with Crippen LogP contribution in [0.3, 0.4) is 0 Å². The van der Waals surface area contributed by atoms with Crippen LogP contribution in [0.1, 0.15) is 11.1 Å². The highest BCUT2D eigenvalue weighted by Crippen LogP contribution is 2.19. The van der Waals surface area contributed by atoms with E-state index in [0.717, 1.165) is 18.3 Å². The predicted molar refractivity (Wildman–Crippen MR) is 74.5 cm³/mol. The first kappa shape index (κ1) is 14.8. The van der Waals surface area contributed by atoms with Crippen LogP contribution in [0.5, 0.6) is 5.75 Å². The number of rotatable bonds is 4. The van der Waals surface area contributed by atoms with E-state index in [0.29, 0.717) is 5.56 Å². The Hall–Kier alpha value is -2.63. The van der Waals surface area contributed by atoms with E-state index in [1.54, 1.807) is 0 Å². The van der Waals surface area contributed by atoms with Gasteiger partial charge in [-0.05, 0) is 17.7 Å². The van der Waals surface area contributed by atoms with Crippen LogP contribution in [0.15, 0.2) is 46.6 Å². The summed E-state index contributed by atoms with van der Waals surface area (Å²) in [5.41, 5.74) is 0.302. The number of hydrogen-bond acceptors (Lipinski definition) is 3. The molecule has 2 rings (SSSR count). The Morgan fingerprint density at radius 1 is 0.905 bits per heavy atom. The van der Waals surface area contributed by atoms with E-state index < -0.39 is 11.6 Å². The fourth-order valence-corrected chi connectivity index (χ4v) is 1.54. The highest BCUT2D eigenvalue weighted by atomic mass is 19.1. The summed E-state index contributed by atoms with van der Waals surface area (Å²) in [6, 6.07) is 7.65. The van der Waals surface area contributed by atoms with Gasteiger partial charge in [0.25, 0.3) is 0 Å². The first-order valence-electron chi connectivity index (χ1n) is 5.95. The summed E-state index contributed by atoms with van der Waals surface area (Å²) in [7, 11) is 1.31. The Bertz CT molecular complexity index is 659. The van der Waals surface area contributed by atoms with Gasteiger partial charge >= 0.3 is 0 Å². The van der Waals surface area contributed by atoms with Gasteiger partial charge in [-0.15, -0.1) is 0 Å². The molecule has 0 bridgehead atoms. The lowest BCUT2D eigenvalue weighted by Gasteiger charge is -2.02. The van der Waals surface area contributed by atoms with Gasteiger partial charge in [-0.2, -0.15) is 10.2 Å². The zero-order chi connectivity index (χ0) is 15.2. The topological polar surface area (TPSA) is 34.0 Å². The van der Waals surface area contributed by atoms with E-state index in [1.165, 1.54) is 37.6 Å². The number of benzene rings is 2. The Morgan fingerprint density at radius 2 is 1.48 bits per heavy atom. The second kappa shape index (κ2) is 6.69. The highest BCUT2D eigenvalue weighted by Gasteiger charge is 2.09. The number of nitrogens with zero attached hydrogens (tertiary/aromatic N) is 2. The molecule has 108 valence electrons. The molecule has 2 aromatic carbocycles. The summed E-state index contributed by atoms with van der Waals surface area (Å²) in [6.45, 7) is 0. The van der Waals surface area contributed by atoms with Gasteiger partial charge in [0.1, 0.15) is 23.2 Å². The molecule has 0 heterocycles. The number of methoxy groups -OCH3 is 1. The molecule has 0 amide bonds. The molecule has 0 saturated carbocycles. The molecule has 0 saturated heterocycles. The number of hydrogen-bond donors (Lipinski definition) is 0. The van der Waals surface area contributed by atoms with Crippen LogP contribution in [0.4, 0.5) is 13.2 Å². The van der Waals surface area contributed by atoms with E-state index in [-0.39, 0.29) is 17.1 Å². The van der Waals surface area contributed by atoms with Crippen molar-refractivity contribution in [3.05, 3.63) is 65.0 Å². The van der Waals surface area contributed by atoms with E-state index in [9.17, 15) is 13.2 Å². The summed E-state index contributed by atoms with van der Waals surface area (Å²) < 4.78 is 44.6. The third kappa shape index (κ3) is 3.92. The lowest BCUT2D eigenvalue weighted by molar-refractivity contribution is 0.406. The van der Waals surface area contributed by atoms with Crippen LogP contribution in [0, 0.1) is 17.5 Å². The maximum absolute atomic E-state index is 13.6. The molecule has 0 aromatic heterocycles. The summed E-state index contributed by atoms with van der Waals surface area (Å²) in [5, 5.41) is 7.22. The minimum atomic E-state index is -0.799. The lowest BCUT2D eigenvalue weighted by atomic mass is 10.2. The molecule has 0 fully saturated rings. The fourth-order valence-electron chi connectivity index (χ4n) is 1.54. The zero-order valence-electron chi connectivity index (χ0n) is 11.1. The maximum Gasteiger partial charge on any atom is 0.138 e. The van der Waals surface area contributed by atoms with Crippen LogP contribution in [-0.4, -0.2) is 19.5 Å². The third-order valence-corrected chi connectivity index (χ3v) is 2.62. The molecule has 0 atom stereocenters. The summed E-state index contributed by atoms with van der Waals surface area (Å²) >= 11 is 0. The van der Waals surface area contributed by atoms with Gasteiger partial charge in [-0.3, -0.25) is 0 Å². The van der Waals surface area contributed by atoms with Crippen LogP contribution in [-0.2, 0) is 0 Å². The van der Waals surface area contributed by atoms with Gasteiger partial charge in [0.05, 0.1) is 25.1 Å². The fraction of sp³-hybridized carbons (Fsp3) is 0.0667. The van der Waals surface area contributed by atoms with Crippen molar-refractivity contribution >= 4 is 12.4 Å². The molecule has 0 aliphatic rings. The van der Waals surface area contributed by atoms with Crippen molar-refractivity contribution < 1.29 is 17.9 Å². The minimum Gasteiger partial charge on any atom is -0.497 e. The van der Waals surface area contributed by atoms with Crippen molar-refractivity contribution in [2.75, 3.05) is 7.11 Å². The minimum absolute atomic E-state index is 0.0805. The molecule has 21 heavy (non-hydrogen) atoms. The summed E-state index contributed by atoms with van der Waals surface area (Å²) in [6.07, 6.45) is 2.30. The van der Waals surface area contributed by atoms with Crippen molar-refractivity contribution in [1.82, 2.24) is 0 Å². The third-order valence-electron chi connectivity index (χ3n) is 2.62. The molecule has 0 spiro atoms. The average Bonchev–Trinajstić information content (AvgIpc) is 2.47. The van der Waals surface area contributed by atoms with Crippen molar-refractivity contribution in [2.45, 2.75) is 0 Å². The van der Waals surface area contributed by atoms with Gasteiger partial charge in [-0.25, -0.2) is 13.2 Å². The van der Waals surface area contributed by atoms with Gasteiger partial charge < -0.3 is 4.74 Å². The van der Waals surface area contributed by atoms with E-state index in [1.807, 2.05) is 0 Å². The van der Waals surface area contributed by atoms with Gasteiger partial charge in [0, 0.05) is 12.1 Å². The smallest absolute Gasteiger partial charge is 0.138 e. The van der Waals surface area contributed by atoms with Crippen LogP contribution >= 0.6 is 0 Å². The molecular formula is C15H11F3N2O. The second-order valence-corrected chi connectivity index (χ2v) is 4.05. The summed E-state index contributed by atoms with van der Waals surface area (Å²) in [5.74, 6) is -1.88. The van der Waals surface area contributed by atoms with E-state index in [2.05, 4.69) is 10.2 Å². The normalized spacial score (nSPS) is 11.4. The van der Waals surface area contributed by atoms with Crippen molar-refractivity contribution in [3.63, 3.8) is 0 Å². The van der Waals surface area contributed by atoms with E-state index in [4.69, 9.17) is 4.74 Å². The molecule has 0 unspecified atom stereocenters. The lowest BCUT2D eigenvalue weighted by Crippen LogP contribution is -1.96. The molecular weight excluding hydrogens is 281 g/mol. The quantitative estimate of drug-likeness (QED) is 0.626. The Balaban J connectivity index is 2.13. The zero-order valence-corrected chi connectivity index (χ0v) is 11.1. The second-order valence-electron chi connectivity index (χ2n) is 4.05.